The summed E-state index contributed by atoms with van der Waals surface area (Å²) in [6.07, 6.45) is 0.910. The van der Waals surface area contributed by atoms with E-state index in [1.54, 1.807) is 48.5 Å². The second-order valence-corrected chi connectivity index (χ2v) is 7.68. The summed E-state index contributed by atoms with van der Waals surface area (Å²) in [5.74, 6) is -0.306. The summed E-state index contributed by atoms with van der Waals surface area (Å²) < 4.78 is 5.17. The van der Waals surface area contributed by atoms with E-state index < -0.39 is 4.92 Å². The van der Waals surface area contributed by atoms with Gasteiger partial charge in [-0.05, 0) is 66.6 Å². The summed E-state index contributed by atoms with van der Waals surface area (Å²) in [5.41, 5.74) is 9.52. The van der Waals surface area contributed by atoms with Crippen molar-refractivity contribution in [2.24, 2.45) is 5.73 Å². The summed E-state index contributed by atoms with van der Waals surface area (Å²) in [7, 11) is 1.38. The fourth-order valence-corrected chi connectivity index (χ4v) is 3.69. The average Bonchev–Trinajstić information content (AvgIpc) is 2.97. The third-order valence-corrected chi connectivity index (χ3v) is 5.40. The molecular formula is C24H23N5O5. The highest BCUT2D eigenvalue weighted by molar-refractivity contribution is 6.13. The van der Waals surface area contributed by atoms with E-state index in [0.717, 1.165) is 5.56 Å². The molecule has 0 aromatic heterocycles. The van der Waals surface area contributed by atoms with Crippen LogP contribution in [0.3, 0.4) is 0 Å². The first-order valence-electron chi connectivity index (χ1n) is 10.6. The molecule has 2 amide bonds. The largest absolute Gasteiger partial charge is 0.490 e. The molecule has 1 aliphatic rings. The first kappa shape index (κ1) is 22.7. The Morgan fingerprint density at radius 1 is 1.03 bits per heavy atom. The Kier molecular flexibility index (Phi) is 6.42. The molecule has 0 aliphatic carbocycles. The number of amides is 2. The van der Waals surface area contributed by atoms with Gasteiger partial charge in [0.25, 0.3) is 5.91 Å². The van der Waals surface area contributed by atoms with Gasteiger partial charge in [0, 0.05) is 18.2 Å². The van der Waals surface area contributed by atoms with Crippen LogP contribution in [0.15, 0.2) is 54.6 Å². The Hall–Kier alpha value is -4.44. The van der Waals surface area contributed by atoms with Gasteiger partial charge in [0.2, 0.25) is 5.91 Å². The molecule has 34 heavy (non-hydrogen) atoms. The topological polar surface area (TPSA) is 149 Å². The number of benzene rings is 3. The number of rotatable bonds is 7. The number of fused-ring (bicyclic) bond motifs is 2. The molecule has 1 aliphatic heterocycles. The van der Waals surface area contributed by atoms with Crippen LogP contribution in [0.5, 0.6) is 5.75 Å². The van der Waals surface area contributed by atoms with Gasteiger partial charge in [0.1, 0.15) is 0 Å². The van der Waals surface area contributed by atoms with Crippen LogP contribution >= 0.6 is 0 Å². The maximum Gasteiger partial charge on any atom is 0.310 e. The lowest BCUT2D eigenvalue weighted by Crippen LogP contribution is -2.14. The number of nitrogens with zero attached hydrogens (tertiary/aromatic N) is 1. The zero-order chi connectivity index (χ0) is 24.2. The SMILES string of the molecule is COc1cc(-c2ccc3c(c2)Nc2ccc(NC(=O)CCCN)cc2NC3=O)ccc1[N+](=O)[O-]. The number of ether oxygens (including phenoxy) is 1. The zero-order valence-electron chi connectivity index (χ0n) is 18.4. The predicted octanol–water partition coefficient (Wildman–Crippen LogP) is 4.26. The van der Waals surface area contributed by atoms with Gasteiger partial charge in [0.15, 0.2) is 5.75 Å². The molecular weight excluding hydrogens is 438 g/mol. The van der Waals surface area contributed by atoms with E-state index in [0.29, 0.717) is 53.3 Å². The summed E-state index contributed by atoms with van der Waals surface area (Å²) in [5, 5.41) is 20.1. The van der Waals surface area contributed by atoms with Crippen LogP contribution in [0.1, 0.15) is 23.2 Å². The normalized spacial score (nSPS) is 11.9. The maximum absolute atomic E-state index is 12.9. The third kappa shape index (κ3) is 4.66. The number of nitro benzene ring substituents is 1. The lowest BCUT2D eigenvalue weighted by Gasteiger charge is -2.12. The van der Waals surface area contributed by atoms with Crippen LogP contribution in [0.4, 0.5) is 28.4 Å². The van der Waals surface area contributed by atoms with Gasteiger partial charge < -0.3 is 26.4 Å². The van der Waals surface area contributed by atoms with E-state index in [2.05, 4.69) is 16.0 Å². The van der Waals surface area contributed by atoms with Gasteiger partial charge in [-0.3, -0.25) is 19.7 Å². The molecule has 3 aromatic carbocycles. The smallest absolute Gasteiger partial charge is 0.310 e. The molecule has 3 aromatic rings. The number of carbonyl (C=O) groups excluding carboxylic acids is 2. The standard InChI is InChI=1S/C24H23N5O5/c1-34-22-12-15(5-9-21(22)29(32)33)14-4-7-17-19(11-14)27-18-8-6-16(13-20(18)28-24(17)31)26-23(30)3-2-10-25/h4-9,11-13,27H,2-3,10,25H2,1H3,(H,26,30)(H,28,31). The molecule has 174 valence electrons. The number of carbonyl (C=O) groups is 2. The number of nitrogens with one attached hydrogen (secondary N) is 3. The van der Waals surface area contributed by atoms with E-state index in [4.69, 9.17) is 10.5 Å². The van der Waals surface area contributed by atoms with Crippen LogP contribution in [0.2, 0.25) is 0 Å². The number of methoxy groups -OCH3 is 1. The summed E-state index contributed by atoms with van der Waals surface area (Å²) in [4.78, 5) is 35.6. The van der Waals surface area contributed by atoms with Crippen LogP contribution < -0.4 is 26.4 Å². The number of anilines is 4. The zero-order valence-corrected chi connectivity index (χ0v) is 18.4. The van der Waals surface area contributed by atoms with Crippen molar-refractivity contribution in [1.29, 1.82) is 0 Å². The highest BCUT2D eigenvalue weighted by atomic mass is 16.6. The second kappa shape index (κ2) is 9.59. The van der Waals surface area contributed by atoms with Gasteiger partial charge in [-0.2, -0.15) is 0 Å². The van der Waals surface area contributed by atoms with Crippen molar-refractivity contribution in [3.63, 3.8) is 0 Å². The Balaban J connectivity index is 1.64. The Morgan fingerprint density at radius 2 is 1.79 bits per heavy atom. The molecule has 0 saturated heterocycles. The van der Waals surface area contributed by atoms with Crippen LogP contribution in [0.25, 0.3) is 11.1 Å². The molecule has 1 heterocycles. The van der Waals surface area contributed by atoms with Gasteiger partial charge in [0.05, 0.1) is 34.7 Å². The van der Waals surface area contributed by atoms with Gasteiger partial charge in [-0.15, -0.1) is 0 Å². The number of nitro groups is 1. The molecule has 0 bridgehead atoms. The average molecular weight is 461 g/mol. The number of nitrogens with two attached hydrogens (primary N) is 1. The van der Waals surface area contributed by atoms with Crippen LogP contribution in [-0.4, -0.2) is 30.4 Å². The minimum atomic E-state index is -0.503. The first-order valence-corrected chi connectivity index (χ1v) is 10.6. The van der Waals surface area contributed by atoms with Gasteiger partial charge >= 0.3 is 5.69 Å². The predicted molar refractivity (Wildman–Crippen MR) is 130 cm³/mol. The Labute approximate surface area is 195 Å². The molecule has 0 unspecified atom stereocenters. The summed E-state index contributed by atoms with van der Waals surface area (Å²) >= 11 is 0. The van der Waals surface area contributed by atoms with E-state index in [9.17, 15) is 19.7 Å². The lowest BCUT2D eigenvalue weighted by atomic mass is 10.0. The van der Waals surface area contributed by atoms with E-state index in [-0.39, 0.29) is 23.3 Å². The quantitative estimate of drug-likeness (QED) is 0.303. The molecule has 0 fully saturated rings. The number of hydrogen-bond acceptors (Lipinski definition) is 7. The molecule has 5 N–H and O–H groups in total. The van der Waals surface area contributed by atoms with Gasteiger partial charge in [-0.1, -0.05) is 6.07 Å². The summed E-state index contributed by atoms with van der Waals surface area (Å²) in [6, 6.07) is 15.1. The Morgan fingerprint density at radius 3 is 2.53 bits per heavy atom. The van der Waals surface area contributed by atoms with Gasteiger partial charge in [-0.25, -0.2) is 0 Å². The van der Waals surface area contributed by atoms with E-state index in [1.807, 2.05) is 0 Å². The molecule has 4 rings (SSSR count). The second-order valence-electron chi connectivity index (χ2n) is 7.68. The lowest BCUT2D eigenvalue weighted by molar-refractivity contribution is -0.385. The van der Waals surface area contributed by atoms with Crippen LogP contribution in [0, 0.1) is 10.1 Å². The number of hydrogen-bond donors (Lipinski definition) is 4. The van der Waals surface area contributed by atoms with Crippen LogP contribution in [-0.2, 0) is 4.79 Å². The van der Waals surface area contributed by atoms with Crippen molar-refractivity contribution >= 4 is 40.3 Å². The monoisotopic (exact) mass is 461 g/mol. The molecule has 0 atom stereocenters. The molecule has 0 radical (unpaired) electrons. The van der Waals surface area contributed by atoms with Crippen molar-refractivity contribution in [3.8, 4) is 16.9 Å². The summed E-state index contributed by atoms with van der Waals surface area (Å²) in [6.45, 7) is 0.435. The first-order chi connectivity index (χ1) is 16.4. The molecule has 0 saturated carbocycles. The highest BCUT2D eigenvalue weighted by Gasteiger charge is 2.21. The van der Waals surface area contributed by atoms with Crippen molar-refractivity contribution in [1.82, 2.24) is 0 Å². The van der Waals surface area contributed by atoms with E-state index >= 15 is 0 Å². The minimum absolute atomic E-state index is 0.127. The minimum Gasteiger partial charge on any atom is -0.490 e. The van der Waals surface area contributed by atoms with Crippen molar-refractivity contribution in [2.45, 2.75) is 12.8 Å². The van der Waals surface area contributed by atoms with Crippen molar-refractivity contribution in [2.75, 3.05) is 29.6 Å². The van der Waals surface area contributed by atoms with Crippen molar-refractivity contribution in [3.05, 3.63) is 70.3 Å². The maximum atomic E-state index is 12.9. The third-order valence-electron chi connectivity index (χ3n) is 5.40. The van der Waals surface area contributed by atoms with Crippen molar-refractivity contribution < 1.29 is 19.2 Å². The highest BCUT2D eigenvalue weighted by Crippen LogP contribution is 2.37. The molecule has 0 spiro atoms. The Bertz CT molecular complexity index is 1290. The van der Waals surface area contributed by atoms with E-state index in [1.165, 1.54) is 13.2 Å². The fraction of sp³-hybridized carbons (Fsp3) is 0.167. The molecule has 10 heteroatoms. The fourth-order valence-electron chi connectivity index (χ4n) is 3.69. The molecule has 10 nitrogen and oxygen atoms in total.